The number of hydrogen-bond acceptors (Lipinski definition) is 6. The molecule has 6 nitrogen and oxygen atoms in total. The van der Waals surface area contributed by atoms with Gasteiger partial charge in [0.2, 0.25) is 0 Å². The Morgan fingerprint density at radius 3 is 1.38 bits per heavy atom. The third-order valence-corrected chi connectivity index (χ3v) is 7.89. The minimum Gasteiger partial charge on any atom is -0.462 e. The van der Waals surface area contributed by atoms with E-state index in [0.717, 1.165) is 44.9 Å². The molecular weight excluding hydrogens is 588 g/mol. The van der Waals surface area contributed by atoms with Crippen LogP contribution in [0.4, 0.5) is 0 Å². The minimum absolute atomic E-state index is 0.104. The summed E-state index contributed by atoms with van der Waals surface area (Å²) in [6, 6.07) is 0. The van der Waals surface area contributed by atoms with E-state index in [1.807, 2.05) is 0 Å². The molecule has 0 aliphatic heterocycles. The normalized spacial score (nSPS) is 12.5. The van der Waals surface area contributed by atoms with Crippen molar-refractivity contribution in [1.29, 1.82) is 0 Å². The number of ether oxygens (including phenoxy) is 3. The van der Waals surface area contributed by atoms with Crippen LogP contribution in [0, 0.1) is 0 Å². The molecule has 0 aliphatic rings. The van der Waals surface area contributed by atoms with Crippen LogP contribution >= 0.6 is 0 Å². The van der Waals surface area contributed by atoms with E-state index in [4.69, 9.17) is 14.2 Å². The van der Waals surface area contributed by atoms with E-state index in [-0.39, 0.29) is 31.6 Å². The van der Waals surface area contributed by atoms with Crippen molar-refractivity contribution in [2.45, 2.75) is 181 Å². The van der Waals surface area contributed by atoms with Crippen LogP contribution in [-0.2, 0) is 28.6 Å². The van der Waals surface area contributed by atoms with Gasteiger partial charge in [-0.1, -0.05) is 152 Å². The molecule has 0 saturated carbocycles. The highest BCUT2D eigenvalue weighted by Crippen LogP contribution is 2.13. The maximum Gasteiger partial charge on any atom is 0.306 e. The summed E-state index contributed by atoms with van der Waals surface area (Å²) in [5.41, 5.74) is 0. The van der Waals surface area contributed by atoms with Crippen molar-refractivity contribution in [3.63, 3.8) is 0 Å². The molecule has 270 valence electrons. The molecule has 0 aromatic heterocycles. The summed E-state index contributed by atoms with van der Waals surface area (Å²) in [4.78, 5) is 35.9. The number of hydrogen-bond donors (Lipinski definition) is 0. The van der Waals surface area contributed by atoms with Crippen LogP contribution in [0.25, 0.3) is 0 Å². The lowest BCUT2D eigenvalue weighted by molar-refractivity contribution is -0.166. The Morgan fingerprint density at radius 1 is 0.468 bits per heavy atom. The molecule has 0 heterocycles. The van der Waals surface area contributed by atoms with Crippen LogP contribution in [0.1, 0.15) is 175 Å². The van der Waals surface area contributed by atoms with Crippen LogP contribution in [-0.4, -0.2) is 37.2 Å². The average molecular weight is 659 g/mol. The summed E-state index contributed by atoms with van der Waals surface area (Å²) in [5.74, 6) is -1.16. The van der Waals surface area contributed by atoms with Gasteiger partial charge in [-0.3, -0.25) is 14.4 Å². The molecule has 0 aromatic rings. The number of allylic oxidation sites excluding steroid dienone is 8. The first kappa shape index (κ1) is 44.4. The molecule has 0 aromatic carbocycles. The first-order valence-corrected chi connectivity index (χ1v) is 19.1. The molecule has 0 saturated heterocycles. The van der Waals surface area contributed by atoms with Gasteiger partial charge in [0.1, 0.15) is 13.2 Å². The molecule has 6 heteroatoms. The van der Waals surface area contributed by atoms with Crippen LogP contribution in [0.15, 0.2) is 48.6 Å². The molecule has 0 bridgehead atoms. The summed E-state index contributed by atoms with van der Waals surface area (Å²) in [7, 11) is 0. The maximum atomic E-state index is 12.4. The smallest absolute Gasteiger partial charge is 0.306 e. The first-order chi connectivity index (χ1) is 23.0. The molecule has 0 amide bonds. The van der Waals surface area contributed by atoms with E-state index in [1.165, 1.54) is 96.8 Å². The number of unbranched alkanes of at least 4 members (excludes halogenated alkanes) is 16. The van der Waals surface area contributed by atoms with Gasteiger partial charge in [0.25, 0.3) is 0 Å². The van der Waals surface area contributed by atoms with Gasteiger partial charge in [0, 0.05) is 19.8 Å². The highest BCUT2D eigenvalue weighted by atomic mass is 16.6. The second-order valence-corrected chi connectivity index (χ2v) is 12.6. The largest absolute Gasteiger partial charge is 0.462 e. The number of carbonyl (C=O) groups excluding carboxylic acids is 3. The summed E-state index contributed by atoms with van der Waals surface area (Å²) < 4.78 is 15.8. The van der Waals surface area contributed by atoms with E-state index in [2.05, 4.69) is 62.5 Å². The summed E-state index contributed by atoms with van der Waals surface area (Å²) in [6.45, 7) is 5.56. The lowest BCUT2D eigenvalue weighted by atomic mass is 10.0. The fraction of sp³-hybridized carbons (Fsp3) is 0.732. The Bertz CT molecular complexity index is 856. The highest BCUT2D eigenvalue weighted by Gasteiger charge is 2.18. The molecule has 0 rings (SSSR count). The van der Waals surface area contributed by atoms with Gasteiger partial charge in [-0.25, -0.2) is 0 Å². The van der Waals surface area contributed by atoms with E-state index >= 15 is 0 Å². The molecule has 1 unspecified atom stereocenters. The van der Waals surface area contributed by atoms with Crippen molar-refractivity contribution < 1.29 is 28.6 Å². The van der Waals surface area contributed by atoms with Crippen LogP contribution in [0.5, 0.6) is 0 Å². The van der Waals surface area contributed by atoms with Crippen LogP contribution in [0.3, 0.4) is 0 Å². The monoisotopic (exact) mass is 659 g/mol. The average Bonchev–Trinajstić information content (AvgIpc) is 3.05. The molecule has 0 N–H and O–H groups in total. The van der Waals surface area contributed by atoms with Crippen molar-refractivity contribution >= 4 is 17.9 Å². The quantitative estimate of drug-likeness (QED) is 0.0302. The fourth-order valence-corrected chi connectivity index (χ4v) is 5.04. The number of carbonyl (C=O) groups is 3. The van der Waals surface area contributed by atoms with Gasteiger partial charge in [0.15, 0.2) is 6.10 Å². The first-order valence-electron chi connectivity index (χ1n) is 19.1. The summed E-state index contributed by atoms with van der Waals surface area (Å²) >= 11 is 0. The Hall–Kier alpha value is -2.63. The maximum absolute atomic E-state index is 12.4. The summed E-state index contributed by atoms with van der Waals surface area (Å²) in [5, 5.41) is 0. The van der Waals surface area contributed by atoms with Crippen molar-refractivity contribution in [3.05, 3.63) is 48.6 Å². The molecule has 0 spiro atoms. The van der Waals surface area contributed by atoms with Gasteiger partial charge >= 0.3 is 17.9 Å². The number of rotatable bonds is 33. The van der Waals surface area contributed by atoms with Gasteiger partial charge in [0.05, 0.1) is 0 Å². The van der Waals surface area contributed by atoms with Crippen molar-refractivity contribution in [1.82, 2.24) is 0 Å². The Kier molecular flexibility index (Phi) is 34.2. The molecular formula is C41H70O6. The van der Waals surface area contributed by atoms with Crippen LogP contribution < -0.4 is 0 Å². The van der Waals surface area contributed by atoms with Gasteiger partial charge in [-0.2, -0.15) is 0 Å². The summed E-state index contributed by atoms with van der Waals surface area (Å²) in [6.07, 6.45) is 42.7. The Labute approximate surface area is 288 Å². The van der Waals surface area contributed by atoms with Gasteiger partial charge < -0.3 is 14.2 Å². The molecule has 0 aliphatic carbocycles. The lowest BCUT2D eigenvalue weighted by Gasteiger charge is -2.17. The van der Waals surface area contributed by atoms with E-state index < -0.39 is 12.1 Å². The van der Waals surface area contributed by atoms with Gasteiger partial charge in [-0.05, 0) is 51.4 Å². The zero-order valence-corrected chi connectivity index (χ0v) is 30.5. The zero-order chi connectivity index (χ0) is 34.5. The second kappa shape index (κ2) is 36.2. The van der Waals surface area contributed by atoms with E-state index in [1.54, 1.807) is 0 Å². The third-order valence-electron chi connectivity index (χ3n) is 7.89. The van der Waals surface area contributed by atoms with Crippen molar-refractivity contribution in [2.75, 3.05) is 13.2 Å². The second-order valence-electron chi connectivity index (χ2n) is 12.6. The predicted octanol–water partition coefficient (Wildman–Crippen LogP) is 11.6. The standard InChI is InChI=1S/C41H70O6/c1-4-6-8-10-12-14-16-18-19-20-21-23-25-27-29-31-33-35-41(44)47-39(36-45-38(3)42)37-46-40(43)34-32-30-28-26-24-22-17-15-13-11-9-7-5-2/h12,14,18-19,21,23,27,29,39H,4-11,13,15-17,20,22,24-26,28,30-37H2,1-3H3/b14-12-,19-18-,23-21-,29-27-. The van der Waals surface area contributed by atoms with Crippen molar-refractivity contribution in [3.8, 4) is 0 Å². The topological polar surface area (TPSA) is 78.9 Å². The zero-order valence-electron chi connectivity index (χ0n) is 30.5. The van der Waals surface area contributed by atoms with Crippen LogP contribution in [0.2, 0.25) is 0 Å². The lowest BCUT2D eigenvalue weighted by Crippen LogP contribution is -2.30. The molecule has 47 heavy (non-hydrogen) atoms. The van der Waals surface area contributed by atoms with E-state index in [9.17, 15) is 14.4 Å². The third kappa shape index (κ3) is 36.1. The van der Waals surface area contributed by atoms with Crippen molar-refractivity contribution in [2.24, 2.45) is 0 Å². The van der Waals surface area contributed by atoms with Gasteiger partial charge in [-0.15, -0.1) is 0 Å². The minimum atomic E-state index is -0.793. The molecule has 0 radical (unpaired) electrons. The molecule has 0 fully saturated rings. The predicted molar refractivity (Wildman–Crippen MR) is 196 cm³/mol. The Balaban J connectivity index is 3.98. The SMILES string of the molecule is CCCCC/C=C\C/C=C\C/C=C\C/C=C\CCCC(=O)OC(COC(C)=O)COC(=O)CCCCCCCCCCCCCCC. The highest BCUT2D eigenvalue weighted by molar-refractivity contribution is 5.70. The number of esters is 3. The Morgan fingerprint density at radius 2 is 0.872 bits per heavy atom. The van der Waals surface area contributed by atoms with E-state index in [0.29, 0.717) is 12.8 Å². The molecule has 1 atom stereocenters. The fourth-order valence-electron chi connectivity index (χ4n) is 5.04.